The number of amides is 2. The second-order valence-electron chi connectivity index (χ2n) is 5.83. The second-order valence-corrected chi connectivity index (χ2v) is 6.27. The molecule has 27 heavy (non-hydrogen) atoms. The van der Waals surface area contributed by atoms with E-state index in [0.717, 1.165) is 4.90 Å². The van der Waals surface area contributed by atoms with Gasteiger partial charge in [0.1, 0.15) is 18.1 Å². The van der Waals surface area contributed by atoms with Crippen LogP contribution < -0.4 is 5.32 Å². The quantitative estimate of drug-likeness (QED) is 0.178. The van der Waals surface area contributed by atoms with E-state index in [4.69, 9.17) is 16.3 Å². The first-order valence-corrected chi connectivity index (χ1v) is 8.08. The van der Waals surface area contributed by atoms with E-state index in [1.807, 2.05) is 0 Å². The number of alkyl halides is 1. The lowest BCUT2D eigenvalue weighted by atomic mass is 10.00. The third kappa shape index (κ3) is 4.34. The highest BCUT2D eigenvalue weighted by Gasteiger charge is 2.52. The standard InChI is InChI=1S/C16H16ClN3O7/c1-8(2)12(15(22)23)19-13(17)11(14(19)21)18-16(24)27-7-9-3-5-10(6-4-9)20(25)26/h3-6,11-13H,1,7H2,2H3,(H,18,24)(H,22,23). The molecule has 2 amide bonds. The van der Waals surface area contributed by atoms with Gasteiger partial charge in [-0.1, -0.05) is 18.2 Å². The fraction of sp³-hybridized carbons (Fsp3) is 0.312. The number of alkyl carbamates (subject to hydrolysis) is 1. The molecule has 1 fully saturated rings. The number of non-ortho nitro benzene ring substituents is 1. The minimum Gasteiger partial charge on any atom is -0.479 e. The Balaban J connectivity index is 1.89. The van der Waals surface area contributed by atoms with Gasteiger partial charge in [0.05, 0.1) is 4.92 Å². The molecule has 0 aliphatic carbocycles. The van der Waals surface area contributed by atoms with Crippen LogP contribution in [0.2, 0.25) is 0 Å². The van der Waals surface area contributed by atoms with E-state index < -0.39 is 40.5 Å². The van der Waals surface area contributed by atoms with E-state index in [-0.39, 0.29) is 17.9 Å². The van der Waals surface area contributed by atoms with E-state index in [9.17, 15) is 29.6 Å². The molecule has 2 N–H and O–H groups in total. The molecule has 3 unspecified atom stereocenters. The molecule has 1 aliphatic heterocycles. The molecule has 0 saturated carbocycles. The number of aliphatic carboxylic acids is 1. The number of carboxylic acids is 1. The van der Waals surface area contributed by atoms with Crippen molar-refractivity contribution in [2.24, 2.45) is 0 Å². The van der Waals surface area contributed by atoms with Gasteiger partial charge < -0.3 is 20.1 Å². The van der Waals surface area contributed by atoms with Gasteiger partial charge in [0.15, 0.2) is 6.04 Å². The number of hydrogen-bond donors (Lipinski definition) is 2. The first kappa shape index (κ1) is 20.2. The molecule has 1 aromatic carbocycles. The van der Waals surface area contributed by atoms with Crippen molar-refractivity contribution in [1.29, 1.82) is 0 Å². The number of carbonyl (C=O) groups is 3. The predicted octanol–water partition coefficient (Wildman–Crippen LogP) is 1.63. The van der Waals surface area contributed by atoms with Gasteiger partial charge in [-0.2, -0.15) is 0 Å². The number of halogens is 1. The molecule has 1 heterocycles. The molecule has 3 atom stereocenters. The van der Waals surface area contributed by atoms with Crippen LogP contribution in [0.15, 0.2) is 36.4 Å². The Bertz CT molecular complexity index is 782. The van der Waals surface area contributed by atoms with Crippen molar-refractivity contribution in [2.45, 2.75) is 31.1 Å². The van der Waals surface area contributed by atoms with Crippen LogP contribution in [-0.2, 0) is 20.9 Å². The minimum atomic E-state index is -1.28. The molecule has 1 aromatic rings. The van der Waals surface area contributed by atoms with Crippen molar-refractivity contribution in [3.63, 3.8) is 0 Å². The van der Waals surface area contributed by atoms with E-state index in [2.05, 4.69) is 11.9 Å². The zero-order valence-corrected chi connectivity index (χ0v) is 14.9. The number of nitrogens with zero attached hydrogens (tertiary/aromatic N) is 2. The predicted molar refractivity (Wildman–Crippen MR) is 92.9 cm³/mol. The Labute approximate surface area is 158 Å². The lowest BCUT2D eigenvalue weighted by Crippen LogP contribution is -2.72. The van der Waals surface area contributed by atoms with E-state index in [1.54, 1.807) is 0 Å². The molecule has 0 radical (unpaired) electrons. The number of nitro benzene ring substituents is 1. The van der Waals surface area contributed by atoms with Gasteiger partial charge >= 0.3 is 12.1 Å². The number of carbonyl (C=O) groups excluding carboxylic acids is 2. The number of hydrogen-bond acceptors (Lipinski definition) is 6. The summed E-state index contributed by atoms with van der Waals surface area (Å²) < 4.78 is 4.94. The van der Waals surface area contributed by atoms with Crippen molar-refractivity contribution in [3.8, 4) is 0 Å². The molecular formula is C16H16ClN3O7. The summed E-state index contributed by atoms with van der Waals surface area (Å²) in [7, 11) is 0. The summed E-state index contributed by atoms with van der Waals surface area (Å²) in [6.45, 7) is 4.80. The van der Waals surface area contributed by atoms with Crippen LogP contribution in [0.5, 0.6) is 0 Å². The molecule has 0 bridgehead atoms. The summed E-state index contributed by atoms with van der Waals surface area (Å²) in [5.41, 5.74) is -0.435. The van der Waals surface area contributed by atoms with Crippen LogP contribution in [-0.4, -0.2) is 50.5 Å². The maximum absolute atomic E-state index is 12.1. The van der Waals surface area contributed by atoms with Crippen molar-refractivity contribution in [1.82, 2.24) is 10.2 Å². The largest absolute Gasteiger partial charge is 0.479 e. The number of β-lactam (4-membered cyclic amide) rings is 1. The van der Waals surface area contributed by atoms with Gasteiger partial charge in [0.25, 0.3) is 11.6 Å². The van der Waals surface area contributed by atoms with Gasteiger partial charge in [-0.3, -0.25) is 14.9 Å². The smallest absolute Gasteiger partial charge is 0.408 e. The van der Waals surface area contributed by atoms with Crippen LogP contribution in [0.1, 0.15) is 12.5 Å². The highest BCUT2D eigenvalue weighted by atomic mass is 35.5. The van der Waals surface area contributed by atoms with E-state index >= 15 is 0 Å². The summed E-state index contributed by atoms with van der Waals surface area (Å²) in [5.74, 6) is -1.95. The van der Waals surface area contributed by atoms with Gasteiger partial charge in [-0.15, -0.1) is 0 Å². The van der Waals surface area contributed by atoms with Gasteiger partial charge in [-0.05, 0) is 30.2 Å². The van der Waals surface area contributed by atoms with Crippen LogP contribution >= 0.6 is 11.6 Å². The van der Waals surface area contributed by atoms with E-state index in [1.165, 1.54) is 31.2 Å². The minimum absolute atomic E-state index is 0.0983. The zero-order chi connectivity index (χ0) is 20.3. The number of likely N-dealkylation sites (tertiary alicyclic amines) is 1. The molecule has 1 aliphatic rings. The molecule has 0 spiro atoms. The maximum Gasteiger partial charge on any atom is 0.408 e. The summed E-state index contributed by atoms with van der Waals surface area (Å²) >= 11 is 6.03. The summed E-state index contributed by atoms with van der Waals surface area (Å²) in [6, 6.07) is 2.98. The van der Waals surface area contributed by atoms with Crippen molar-refractivity contribution < 1.29 is 29.2 Å². The molecular weight excluding hydrogens is 382 g/mol. The Morgan fingerprint density at radius 3 is 2.48 bits per heavy atom. The van der Waals surface area contributed by atoms with Crippen molar-refractivity contribution >= 4 is 35.3 Å². The lowest BCUT2D eigenvalue weighted by molar-refractivity contribution is -0.384. The molecule has 2 rings (SSSR count). The third-order valence-electron chi connectivity index (χ3n) is 3.83. The fourth-order valence-corrected chi connectivity index (χ4v) is 2.86. The monoisotopic (exact) mass is 397 g/mol. The van der Waals surface area contributed by atoms with Crippen LogP contribution in [0.25, 0.3) is 0 Å². The third-order valence-corrected chi connectivity index (χ3v) is 4.29. The molecule has 0 aromatic heterocycles. The fourth-order valence-electron chi connectivity index (χ4n) is 2.48. The Morgan fingerprint density at radius 2 is 2.04 bits per heavy atom. The second kappa shape index (κ2) is 8.04. The Morgan fingerprint density at radius 1 is 1.44 bits per heavy atom. The number of nitrogens with one attached hydrogen (secondary N) is 1. The highest BCUT2D eigenvalue weighted by Crippen LogP contribution is 2.29. The molecule has 144 valence electrons. The Kier molecular flexibility index (Phi) is 6.01. The highest BCUT2D eigenvalue weighted by molar-refractivity contribution is 6.27. The number of benzene rings is 1. The normalized spacial score (nSPS) is 19.6. The van der Waals surface area contributed by atoms with Gasteiger partial charge in [-0.25, -0.2) is 9.59 Å². The SMILES string of the molecule is C=C(C)C(C(=O)O)N1C(=O)C(NC(=O)OCc2ccc([N+](=O)[O-])cc2)C1Cl. The molecule has 11 heteroatoms. The van der Waals surface area contributed by atoms with Crippen LogP contribution in [0.3, 0.4) is 0 Å². The Hall–Kier alpha value is -3.14. The number of ether oxygens (including phenoxy) is 1. The summed E-state index contributed by atoms with van der Waals surface area (Å²) in [5, 5.41) is 22.0. The van der Waals surface area contributed by atoms with E-state index in [0.29, 0.717) is 5.56 Å². The van der Waals surface area contributed by atoms with Gasteiger partial charge in [0, 0.05) is 12.1 Å². The zero-order valence-electron chi connectivity index (χ0n) is 14.1. The van der Waals surface area contributed by atoms with Crippen molar-refractivity contribution in [2.75, 3.05) is 0 Å². The average Bonchev–Trinajstić information content (AvgIpc) is 2.61. The number of carboxylic acid groups (broad SMARTS) is 1. The topological polar surface area (TPSA) is 139 Å². The first-order valence-electron chi connectivity index (χ1n) is 7.64. The number of nitro groups is 1. The molecule has 10 nitrogen and oxygen atoms in total. The van der Waals surface area contributed by atoms with Gasteiger partial charge in [0.2, 0.25) is 0 Å². The summed E-state index contributed by atoms with van der Waals surface area (Å²) in [6.07, 6.45) is -0.931. The first-order chi connectivity index (χ1) is 12.6. The number of rotatable bonds is 7. The van der Waals surface area contributed by atoms with Crippen LogP contribution in [0.4, 0.5) is 10.5 Å². The summed E-state index contributed by atoms with van der Waals surface area (Å²) in [4.78, 5) is 46.1. The van der Waals surface area contributed by atoms with Crippen molar-refractivity contribution in [3.05, 3.63) is 52.1 Å². The molecule has 1 saturated heterocycles. The average molecular weight is 398 g/mol. The van der Waals surface area contributed by atoms with Crippen LogP contribution in [0, 0.1) is 10.1 Å². The lowest BCUT2D eigenvalue weighted by Gasteiger charge is -2.46. The maximum atomic E-state index is 12.1.